The van der Waals surface area contributed by atoms with Gasteiger partial charge in [0.05, 0.1) is 12.2 Å². The topological polar surface area (TPSA) is 66.5 Å². The van der Waals surface area contributed by atoms with E-state index in [-0.39, 0.29) is 30.3 Å². The molecule has 2 aliphatic rings. The number of halogens is 1. The van der Waals surface area contributed by atoms with Crippen molar-refractivity contribution < 1.29 is 10.2 Å². The van der Waals surface area contributed by atoms with Crippen LogP contribution in [-0.4, -0.2) is 28.5 Å². The first-order valence-corrected chi connectivity index (χ1v) is 3.82. The molecule has 0 heterocycles. The van der Waals surface area contributed by atoms with Gasteiger partial charge in [0.15, 0.2) is 0 Å². The lowest BCUT2D eigenvalue weighted by atomic mass is 9.91. The standard InChI is InChI=1S/C7H13NO2.ClH/c8-5-2-3-1-4(5)7(10)6(3)9;/h3-7,9-10H,1-2,8H2;1H. The third-order valence-electron chi connectivity index (χ3n) is 2.97. The first-order chi connectivity index (χ1) is 4.70. The highest BCUT2D eigenvalue weighted by Crippen LogP contribution is 2.43. The molecule has 4 heteroatoms. The molecule has 0 aliphatic heterocycles. The van der Waals surface area contributed by atoms with Crippen molar-refractivity contribution in [1.82, 2.24) is 0 Å². The molecule has 0 aromatic rings. The van der Waals surface area contributed by atoms with Gasteiger partial charge in [-0.1, -0.05) is 0 Å². The summed E-state index contributed by atoms with van der Waals surface area (Å²) in [7, 11) is 0. The van der Waals surface area contributed by atoms with Crippen molar-refractivity contribution in [1.29, 1.82) is 0 Å². The van der Waals surface area contributed by atoms with Crippen molar-refractivity contribution in [2.24, 2.45) is 17.6 Å². The highest BCUT2D eigenvalue weighted by atomic mass is 35.5. The van der Waals surface area contributed by atoms with E-state index in [1.54, 1.807) is 0 Å². The molecule has 0 amide bonds. The Bertz CT molecular complexity index is 153. The van der Waals surface area contributed by atoms with Crippen molar-refractivity contribution >= 4 is 12.4 Å². The SMILES string of the molecule is Cl.NC1CC2CC1C(O)C2O. The molecule has 0 radical (unpaired) electrons. The second-order valence-corrected chi connectivity index (χ2v) is 3.54. The molecule has 0 spiro atoms. The Balaban J connectivity index is 0.000000605. The van der Waals surface area contributed by atoms with E-state index in [4.69, 9.17) is 5.73 Å². The van der Waals surface area contributed by atoms with Gasteiger partial charge in [0.2, 0.25) is 0 Å². The third-order valence-corrected chi connectivity index (χ3v) is 2.97. The van der Waals surface area contributed by atoms with Gasteiger partial charge in [0.25, 0.3) is 0 Å². The van der Waals surface area contributed by atoms with Gasteiger partial charge < -0.3 is 15.9 Å². The molecule has 2 rings (SSSR count). The predicted molar refractivity (Wildman–Crippen MR) is 43.5 cm³/mol. The first kappa shape index (κ1) is 9.26. The van der Waals surface area contributed by atoms with Crippen LogP contribution in [0.1, 0.15) is 12.8 Å². The molecular formula is C7H14ClNO2. The van der Waals surface area contributed by atoms with Crippen LogP contribution in [0, 0.1) is 11.8 Å². The van der Waals surface area contributed by atoms with E-state index in [1.165, 1.54) is 0 Å². The summed E-state index contributed by atoms with van der Waals surface area (Å²) in [5.41, 5.74) is 5.70. The molecule has 5 unspecified atom stereocenters. The average Bonchev–Trinajstić information content (AvgIpc) is 2.36. The summed E-state index contributed by atoms with van der Waals surface area (Å²) < 4.78 is 0. The summed E-state index contributed by atoms with van der Waals surface area (Å²) >= 11 is 0. The Morgan fingerprint density at radius 3 is 2.09 bits per heavy atom. The summed E-state index contributed by atoms with van der Waals surface area (Å²) in [5, 5.41) is 18.6. The Hall–Kier alpha value is 0.170. The van der Waals surface area contributed by atoms with Gasteiger partial charge >= 0.3 is 0 Å². The lowest BCUT2D eigenvalue weighted by molar-refractivity contribution is -0.0216. The van der Waals surface area contributed by atoms with Gasteiger partial charge in [-0.3, -0.25) is 0 Å². The number of aliphatic hydroxyl groups excluding tert-OH is 2. The van der Waals surface area contributed by atoms with Crippen LogP contribution in [0.2, 0.25) is 0 Å². The zero-order valence-electron chi connectivity index (χ0n) is 6.18. The fourth-order valence-corrected chi connectivity index (χ4v) is 2.35. The lowest BCUT2D eigenvalue weighted by Crippen LogP contribution is -2.42. The molecule has 3 nitrogen and oxygen atoms in total. The Morgan fingerprint density at radius 1 is 1.09 bits per heavy atom. The van der Waals surface area contributed by atoms with Gasteiger partial charge in [0, 0.05) is 12.0 Å². The highest BCUT2D eigenvalue weighted by Gasteiger charge is 2.50. The quantitative estimate of drug-likeness (QED) is 0.470. The maximum absolute atomic E-state index is 9.33. The predicted octanol–water partition coefficient (Wildman–Crippen LogP) is -0.503. The molecule has 4 N–H and O–H groups in total. The number of fused-ring (bicyclic) bond motifs is 2. The number of aliphatic hydroxyl groups is 2. The number of hydrogen-bond acceptors (Lipinski definition) is 3. The molecule has 66 valence electrons. The van der Waals surface area contributed by atoms with Crippen molar-refractivity contribution in [3.05, 3.63) is 0 Å². The minimum atomic E-state index is -0.547. The summed E-state index contributed by atoms with van der Waals surface area (Å²) in [6, 6.07) is 0.128. The van der Waals surface area contributed by atoms with Crippen molar-refractivity contribution in [2.45, 2.75) is 31.1 Å². The van der Waals surface area contributed by atoms with Crippen LogP contribution in [0.15, 0.2) is 0 Å². The third kappa shape index (κ3) is 1.16. The molecule has 2 fully saturated rings. The number of hydrogen-bond donors (Lipinski definition) is 3. The molecule has 2 saturated carbocycles. The Labute approximate surface area is 72.0 Å². The fraction of sp³-hybridized carbons (Fsp3) is 1.00. The van der Waals surface area contributed by atoms with Gasteiger partial charge in [-0.25, -0.2) is 0 Å². The minimum Gasteiger partial charge on any atom is -0.390 e. The molecule has 0 aromatic heterocycles. The normalized spacial score (nSPS) is 54.3. The van der Waals surface area contributed by atoms with Crippen LogP contribution < -0.4 is 5.73 Å². The molecular weight excluding hydrogens is 166 g/mol. The minimum absolute atomic E-state index is 0. The largest absolute Gasteiger partial charge is 0.390 e. The van der Waals surface area contributed by atoms with E-state index in [9.17, 15) is 10.2 Å². The second kappa shape index (κ2) is 2.90. The highest BCUT2D eigenvalue weighted by molar-refractivity contribution is 5.85. The zero-order chi connectivity index (χ0) is 7.30. The van der Waals surface area contributed by atoms with E-state index in [2.05, 4.69) is 0 Å². The van der Waals surface area contributed by atoms with Gasteiger partial charge in [0.1, 0.15) is 0 Å². The van der Waals surface area contributed by atoms with Gasteiger partial charge in [-0.15, -0.1) is 12.4 Å². The molecule has 2 aliphatic carbocycles. The van der Waals surface area contributed by atoms with Crippen molar-refractivity contribution in [2.75, 3.05) is 0 Å². The van der Waals surface area contributed by atoms with Crippen LogP contribution in [-0.2, 0) is 0 Å². The first-order valence-electron chi connectivity index (χ1n) is 3.82. The molecule has 0 aromatic carbocycles. The summed E-state index contributed by atoms with van der Waals surface area (Å²) in [5.74, 6) is 0.440. The van der Waals surface area contributed by atoms with E-state index in [1.807, 2.05) is 0 Å². The van der Waals surface area contributed by atoms with Gasteiger partial charge in [-0.05, 0) is 18.8 Å². The zero-order valence-corrected chi connectivity index (χ0v) is 7.00. The monoisotopic (exact) mass is 179 g/mol. The van der Waals surface area contributed by atoms with E-state index in [0.29, 0.717) is 0 Å². The van der Waals surface area contributed by atoms with E-state index >= 15 is 0 Å². The summed E-state index contributed by atoms with van der Waals surface area (Å²) in [6.45, 7) is 0. The average molecular weight is 180 g/mol. The number of rotatable bonds is 0. The molecule has 5 atom stereocenters. The maximum Gasteiger partial charge on any atom is 0.0844 e. The smallest absolute Gasteiger partial charge is 0.0844 e. The van der Waals surface area contributed by atoms with Crippen LogP contribution in [0.25, 0.3) is 0 Å². The summed E-state index contributed by atoms with van der Waals surface area (Å²) in [4.78, 5) is 0. The van der Waals surface area contributed by atoms with Crippen LogP contribution in [0.4, 0.5) is 0 Å². The van der Waals surface area contributed by atoms with Crippen molar-refractivity contribution in [3.63, 3.8) is 0 Å². The van der Waals surface area contributed by atoms with Crippen molar-refractivity contribution in [3.8, 4) is 0 Å². The Kier molecular flexibility index (Phi) is 2.44. The fourth-order valence-electron chi connectivity index (χ4n) is 2.35. The lowest BCUT2D eigenvalue weighted by Gasteiger charge is -2.26. The van der Waals surface area contributed by atoms with Crippen LogP contribution >= 0.6 is 12.4 Å². The maximum atomic E-state index is 9.33. The summed E-state index contributed by atoms with van der Waals surface area (Å²) in [6.07, 6.45) is 0.769. The number of nitrogens with two attached hydrogens (primary N) is 1. The van der Waals surface area contributed by atoms with E-state index in [0.717, 1.165) is 12.8 Å². The molecule has 11 heavy (non-hydrogen) atoms. The molecule has 0 saturated heterocycles. The molecule has 2 bridgehead atoms. The second-order valence-electron chi connectivity index (χ2n) is 3.54. The van der Waals surface area contributed by atoms with Gasteiger partial charge in [-0.2, -0.15) is 0 Å². The van der Waals surface area contributed by atoms with E-state index < -0.39 is 12.2 Å². The Morgan fingerprint density at radius 2 is 1.73 bits per heavy atom. The van der Waals surface area contributed by atoms with Crippen LogP contribution in [0.3, 0.4) is 0 Å². The van der Waals surface area contributed by atoms with Crippen LogP contribution in [0.5, 0.6) is 0 Å².